The van der Waals surface area contributed by atoms with E-state index in [4.69, 9.17) is 4.74 Å². The number of aromatic amines is 1. The fraction of sp³-hybridized carbons (Fsp3) is 0.357. The van der Waals surface area contributed by atoms with Gasteiger partial charge < -0.3 is 9.72 Å². The Hall–Kier alpha value is -2.06. The molecule has 18 heavy (non-hydrogen) atoms. The van der Waals surface area contributed by atoms with Crippen LogP contribution in [0.25, 0.3) is 10.9 Å². The third-order valence-electron chi connectivity index (χ3n) is 3.83. The highest BCUT2D eigenvalue weighted by atomic mass is 16.5. The van der Waals surface area contributed by atoms with Gasteiger partial charge in [0.2, 0.25) is 6.08 Å². The first kappa shape index (κ1) is 11.1. The number of benzene rings is 1. The molecule has 0 aliphatic heterocycles. The summed E-state index contributed by atoms with van der Waals surface area (Å²) in [6.45, 7) is 0. The van der Waals surface area contributed by atoms with Crippen LogP contribution >= 0.6 is 0 Å². The number of hydrogen-bond donors (Lipinski definition) is 1. The Kier molecular flexibility index (Phi) is 2.46. The second-order valence-corrected chi connectivity index (χ2v) is 4.67. The molecule has 0 spiro atoms. The number of hydrogen-bond acceptors (Lipinski definition) is 3. The van der Waals surface area contributed by atoms with Gasteiger partial charge in [0.25, 0.3) is 0 Å². The topological polar surface area (TPSA) is 54.4 Å². The van der Waals surface area contributed by atoms with Crippen molar-refractivity contribution in [2.75, 3.05) is 7.11 Å². The number of isocyanates is 1. The lowest BCUT2D eigenvalue weighted by Crippen LogP contribution is -2.32. The van der Waals surface area contributed by atoms with Crippen LogP contribution in [0.15, 0.2) is 29.4 Å². The van der Waals surface area contributed by atoms with E-state index in [1.807, 2.05) is 24.4 Å². The van der Waals surface area contributed by atoms with Gasteiger partial charge >= 0.3 is 0 Å². The van der Waals surface area contributed by atoms with Crippen LogP contribution in [0.4, 0.5) is 0 Å². The van der Waals surface area contributed by atoms with E-state index in [-0.39, 0.29) is 0 Å². The zero-order chi connectivity index (χ0) is 12.6. The molecule has 3 rings (SSSR count). The van der Waals surface area contributed by atoms with E-state index in [0.717, 1.165) is 41.5 Å². The van der Waals surface area contributed by atoms with E-state index >= 15 is 0 Å². The van der Waals surface area contributed by atoms with Crippen LogP contribution in [-0.4, -0.2) is 18.2 Å². The van der Waals surface area contributed by atoms with Gasteiger partial charge in [0.05, 0.1) is 7.11 Å². The van der Waals surface area contributed by atoms with Gasteiger partial charge in [-0.05, 0) is 31.4 Å². The fourth-order valence-corrected chi connectivity index (χ4v) is 2.73. The van der Waals surface area contributed by atoms with Crippen LogP contribution in [0.5, 0.6) is 5.75 Å². The molecule has 1 fully saturated rings. The Bertz CT molecular complexity index is 634. The summed E-state index contributed by atoms with van der Waals surface area (Å²) in [7, 11) is 1.66. The van der Waals surface area contributed by atoms with E-state index in [1.54, 1.807) is 13.2 Å². The van der Waals surface area contributed by atoms with Crippen molar-refractivity contribution in [2.45, 2.75) is 24.8 Å². The van der Waals surface area contributed by atoms with Gasteiger partial charge in [-0.15, -0.1) is 0 Å². The lowest BCUT2D eigenvalue weighted by molar-refractivity contribution is 0.247. The van der Waals surface area contributed by atoms with Crippen LogP contribution < -0.4 is 4.74 Å². The first-order valence-corrected chi connectivity index (χ1v) is 6.04. The molecule has 4 nitrogen and oxygen atoms in total. The van der Waals surface area contributed by atoms with Crippen molar-refractivity contribution < 1.29 is 9.53 Å². The number of methoxy groups -OCH3 is 1. The molecule has 1 aliphatic rings. The van der Waals surface area contributed by atoms with Crippen LogP contribution in [-0.2, 0) is 10.3 Å². The molecule has 1 heterocycles. The van der Waals surface area contributed by atoms with Gasteiger partial charge in [0.15, 0.2) is 0 Å². The van der Waals surface area contributed by atoms with Gasteiger partial charge in [-0.2, -0.15) is 4.99 Å². The van der Waals surface area contributed by atoms with Gasteiger partial charge in [-0.25, -0.2) is 4.79 Å². The minimum Gasteiger partial charge on any atom is -0.496 e. The average molecular weight is 242 g/mol. The Labute approximate surface area is 105 Å². The average Bonchev–Trinajstić information content (AvgIpc) is 2.81. The van der Waals surface area contributed by atoms with Crippen molar-refractivity contribution in [1.29, 1.82) is 0 Å². The minimum atomic E-state index is -0.418. The van der Waals surface area contributed by atoms with Crippen molar-refractivity contribution in [3.05, 3.63) is 30.0 Å². The number of aliphatic imine (C=N–C) groups is 1. The maximum atomic E-state index is 10.7. The van der Waals surface area contributed by atoms with E-state index in [2.05, 4.69) is 9.98 Å². The van der Waals surface area contributed by atoms with E-state index < -0.39 is 5.54 Å². The van der Waals surface area contributed by atoms with Crippen LogP contribution in [0.2, 0.25) is 0 Å². The normalized spacial score (nSPS) is 16.9. The number of carbonyl (C=O) groups excluding carboxylic acids is 1. The minimum absolute atomic E-state index is 0.418. The van der Waals surface area contributed by atoms with Crippen LogP contribution in [0, 0.1) is 0 Å². The van der Waals surface area contributed by atoms with Crippen molar-refractivity contribution >= 4 is 17.0 Å². The highest BCUT2D eigenvalue weighted by Gasteiger charge is 2.41. The first-order chi connectivity index (χ1) is 8.80. The van der Waals surface area contributed by atoms with Crippen molar-refractivity contribution in [1.82, 2.24) is 4.98 Å². The molecular formula is C14H14N2O2. The number of H-pyrrole nitrogens is 1. The van der Waals surface area contributed by atoms with Gasteiger partial charge in [0, 0.05) is 22.7 Å². The summed E-state index contributed by atoms with van der Waals surface area (Å²) >= 11 is 0. The summed E-state index contributed by atoms with van der Waals surface area (Å²) in [5.74, 6) is 0.812. The summed E-state index contributed by atoms with van der Waals surface area (Å²) in [5, 5.41) is 1.03. The molecule has 1 saturated carbocycles. The highest BCUT2D eigenvalue weighted by molar-refractivity contribution is 5.87. The molecule has 1 aromatic heterocycles. The molecule has 1 N–H and O–H groups in total. The molecular weight excluding hydrogens is 228 g/mol. The van der Waals surface area contributed by atoms with Crippen LogP contribution in [0.3, 0.4) is 0 Å². The monoisotopic (exact) mass is 242 g/mol. The molecule has 0 radical (unpaired) electrons. The predicted octanol–water partition coefficient (Wildman–Crippen LogP) is 2.89. The van der Waals surface area contributed by atoms with Crippen molar-refractivity contribution in [2.24, 2.45) is 4.99 Å². The maximum absolute atomic E-state index is 10.7. The molecule has 0 amide bonds. The Balaban J connectivity index is 2.24. The van der Waals surface area contributed by atoms with E-state index in [0.29, 0.717) is 0 Å². The molecule has 92 valence electrons. The Morgan fingerprint density at radius 1 is 1.39 bits per heavy atom. The molecule has 1 aliphatic carbocycles. The number of fused-ring (bicyclic) bond motifs is 1. The third-order valence-corrected chi connectivity index (χ3v) is 3.83. The van der Waals surface area contributed by atoms with Crippen molar-refractivity contribution in [3.8, 4) is 5.75 Å². The molecule has 0 saturated heterocycles. The molecule has 2 aromatic rings. The first-order valence-electron chi connectivity index (χ1n) is 6.04. The SMILES string of the molecule is COc1c(C2(N=C=O)CCC2)ccc2[nH]ccc12. The van der Waals surface area contributed by atoms with Gasteiger partial charge in [-0.1, -0.05) is 6.07 Å². The molecule has 1 aromatic carbocycles. The lowest BCUT2D eigenvalue weighted by Gasteiger charge is -2.38. The number of aromatic nitrogens is 1. The third kappa shape index (κ3) is 1.39. The second kappa shape index (κ2) is 4.00. The number of rotatable bonds is 3. The summed E-state index contributed by atoms with van der Waals surface area (Å²) < 4.78 is 5.54. The van der Waals surface area contributed by atoms with Crippen LogP contribution in [0.1, 0.15) is 24.8 Å². The summed E-state index contributed by atoms with van der Waals surface area (Å²) in [6, 6.07) is 5.99. The van der Waals surface area contributed by atoms with E-state index in [1.165, 1.54) is 0 Å². The summed E-state index contributed by atoms with van der Waals surface area (Å²) in [4.78, 5) is 17.8. The van der Waals surface area contributed by atoms with Gasteiger partial charge in [0.1, 0.15) is 11.3 Å². The Morgan fingerprint density at radius 2 is 2.22 bits per heavy atom. The number of ether oxygens (including phenoxy) is 1. The summed E-state index contributed by atoms with van der Waals surface area (Å²) in [5.41, 5.74) is 1.60. The molecule has 4 heteroatoms. The lowest BCUT2D eigenvalue weighted by atomic mass is 9.72. The molecule has 0 unspecified atom stereocenters. The number of nitrogens with zero attached hydrogens (tertiary/aromatic N) is 1. The van der Waals surface area contributed by atoms with Crippen molar-refractivity contribution in [3.63, 3.8) is 0 Å². The fourth-order valence-electron chi connectivity index (χ4n) is 2.73. The van der Waals surface area contributed by atoms with E-state index in [9.17, 15) is 4.79 Å². The Morgan fingerprint density at radius 3 is 2.83 bits per heavy atom. The smallest absolute Gasteiger partial charge is 0.235 e. The number of nitrogens with one attached hydrogen (secondary N) is 1. The largest absolute Gasteiger partial charge is 0.496 e. The standard InChI is InChI=1S/C14H14N2O2/c1-18-13-10-5-8-15-12(10)4-3-11(13)14(16-9-17)6-2-7-14/h3-5,8,15H,2,6-7H2,1H3. The highest BCUT2D eigenvalue weighted by Crippen LogP contribution is 2.49. The second-order valence-electron chi connectivity index (χ2n) is 4.67. The zero-order valence-electron chi connectivity index (χ0n) is 10.2. The van der Waals surface area contributed by atoms with Gasteiger partial charge in [-0.3, -0.25) is 0 Å². The summed E-state index contributed by atoms with van der Waals surface area (Å²) in [6.07, 6.45) is 6.45. The predicted molar refractivity (Wildman–Crippen MR) is 68.5 cm³/mol. The molecule has 0 atom stereocenters. The quantitative estimate of drug-likeness (QED) is 0.664. The zero-order valence-corrected chi connectivity index (χ0v) is 10.2. The maximum Gasteiger partial charge on any atom is 0.235 e. The molecule has 0 bridgehead atoms.